The first kappa shape index (κ1) is 45.5. The number of carbonyl (C=O) groups is 1. The molecule has 0 spiro atoms. The average Bonchev–Trinajstić information content (AvgIpc) is 4.04. The Kier molecular flexibility index (Phi) is 15.1. The smallest absolute Gasteiger partial charge is 0.269 e. The number of hydrogen-bond acceptors (Lipinski definition) is 9. The summed E-state index contributed by atoms with van der Waals surface area (Å²) in [6.07, 6.45) is 13.1. The second-order valence-corrected chi connectivity index (χ2v) is 17.3. The van der Waals surface area contributed by atoms with Crippen molar-refractivity contribution in [2.24, 2.45) is 26.1 Å². The van der Waals surface area contributed by atoms with Gasteiger partial charge in [-0.2, -0.15) is 4.99 Å². The van der Waals surface area contributed by atoms with E-state index in [1.165, 1.54) is 11.0 Å². The predicted octanol–water partition coefficient (Wildman–Crippen LogP) is 8.00. The molecule has 1 saturated heterocycles. The Balaban J connectivity index is 1.54. The largest absolute Gasteiger partial charge is 0.508 e. The minimum Gasteiger partial charge on any atom is -0.508 e. The lowest BCUT2D eigenvalue weighted by molar-refractivity contribution is -0.124. The first-order chi connectivity index (χ1) is 29.3. The first-order valence-corrected chi connectivity index (χ1v) is 22.1. The number of benzene rings is 2. The number of likely N-dealkylation sites (N-methyl/N-ethyl adjacent to an activating group) is 1. The third-order valence-electron chi connectivity index (χ3n) is 11.7. The summed E-state index contributed by atoms with van der Waals surface area (Å²) in [6, 6.07) is 6.54. The number of halogens is 1. The molecule has 1 saturated carbocycles. The Morgan fingerprint density at radius 1 is 1.16 bits per heavy atom. The molecule has 11 nitrogen and oxygen atoms in total. The summed E-state index contributed by atoms with van der Waals surface area (Å²) in [5.74, 6) is 0.814. The number of allylic oxidation sites excluding steroid dienone is 5. The zero-order valence-corrected chi connectivity index (χ0v) is 37.6. The number of aliphatic imine (C=N–C) groups is 3. The van der Waals surface area contributed by atoms with E-state index in [0.29, 0.717) is 55.7 Å². The Hall–Kier alpha value is -5.07. The zero-order chi connectivity index (χ0) is 43.8. The normalized spacial score (nSPS) is 20.7. The molecule has 61 heavy (non-hydrogen) atoms. The maximum absolute atomic E-state index is 15.5. The molecule has 0 atom stereocenters. The molecule has 6 rings (SSSR count). The maximum atomic E-state index is 15.5. The van der Waals surface area contributed by atoms with Crippen molar-refractivity contribution >= 4 is 39.5 Å². The lowest BCUT2D eigenvalue weighted by atomic mass is 9.80. The number of hydrogen-bond donors (Lipinski definition) is 2. The fourth-order valence-corrected chi connectivity index (χ4v) is 8.43. The monoisotopic (exact) mass is 836 g/mol. The lowest BCUT2D eigenvalue weighted by Crippen LogP contribution is -2.41. The summed E-state index contributed by atoms with van der Waals surface area (Å²) in [6.45, 7) is 18.8. The molecule has 3 N–H and O–H groups in total. The van der Waals surface area contributed by atoms with Crippen molar-refractivity contribution in [3.8, 4) is 5.75 Å². The summed E-state index contributed by atoms with van der Waals surface area (Å²) >= 11 is 0. The highest BCUT2D eigenvalue weighted by atomic mass is 19.1. The number of rotatable bonds is 14. The molecule has 4 aliphatic rings. The highest BCUT2D eigenvalue weighted by molar-refractivity contribution is 6.39. The van der Waals surface area contributed by atoms with Crippen molar-refractivity contribution in [1.29, 1.82) is 0 Å². The van der Waals surface area contributed by atoms with Crippen LogP contribution in [0.25, 0.3) is 16.3 Å². The van der Waals surface area contributed by atoms with E-state index in [2.05, 4.69) is 41.9 Å². The van der Waals surface area contributed by atoms with Gasteiger partial charge in [0.1, 0.15) is 17.4 Å². The van der Waals surface area contributed by atoms with Crippen LogP contribution < -0.4 is 5.73 Å². The quantitative estimate of drug-likeness (QED) is 0.0855. The molecule has 2 aromatic carbocycles. The third kappa shape index (κ3) is 10.9. The first-order valence-electron chi connectivity index (χ1n) is 22.1. The molecule has 2 aliphatic heterocycles. The van der Waals surface area contributed by atoms with Crippen LogP contribution in [-0.4, -0.2) is 122 Å². The number of aromatic hydroxyl groups is 1. The van der Waals surface area contributed by atoms with E-state index in [9.17, 15) is 9.90 Å². The molecule has 1 amide bonds. The van der Waals surface area contributed by atoms with Gasteiger partial charge in [-0.15, -0.1) is 0 Å². The van der Waals surface area contributed by atoms with Crippen LogP contribution in [0.15, 0.2) is 91.8 Å². The van der Waals surface area contributed by atoms with Crippen LogP contribution in [0, 0.1) is 11.2 Å². The lowest BCUT2D eigenvalue weighted by Gasteiger charge is -2.32. The van der Waals surface area contributed by atoms with Crippen LogP contribution in [0.5, 0.6) is 5.75 Å². The van der Waals surface area contributed by atoms with Crippen molar-refractivity contribution in [2.75, 3.05) is 73.2 Å². The number of phenolic OH excluding ortho intramolecular Hbond substituents is 1. The van der Waals surface area contributed by atoms with E-state index >= 15 is 4.39 Å². The number of nitrogens with zero attached hydrogens (tertiary/aromatic N) is 6. The van der Waals surface area contributed by atoms with Gasteiger partial charge in [-0.25, -0.2) is 4.39 Å². The minimum atomic E-state index is -0.281. The van der Waals surface area contributed by atoms with E-state index in [0.717, 1.165) is 109 Å². The van der Waals surface area contributed by atoms with Crippen molar-refractivity contribution < 1.29 is 23.8 Å². The highest BCUT2D eigenvalue weighted by Crippen LogP contribution is 2.47. The fourth-order valence-electron chi connectivity index (χ4n) is 8.43. The zero-order valence-electron chi connectivity index (χ0n) is 37.6. The van der Waals surface area contributed by atoms with Gasteiger partial charge in [-0.3, -0.25) is 19.7 Å². The van der Waals surface area contributed by atoms with Gasteiger partial charge >= 0.3 is 0 Å². The number of amidine groups is 1. The second-order valence-electron chi connectivity index (χ2n) is 17.3. The molecule has 2 aliphatic carbocycles. The number of phenols is 1. The van der Waals surface area contributed by atoms with Crippen molar-refractivity contribution in [2.45, 2.75) is 86.1 Å². The van der Waals surface area contributed by atoms with Gasteiger partial charge in [0.2, 0.25) is 5.88 Å². The average molecular weight is 836 g/mol. The summed E-state index contributed by atoms with van der Waals surface area (Å²) in [5.41, 5.74) is 12.8. The fraction of sp³-hybridized carbons (Fsp3) is 0.510. The standard InChI is InChI=1S/C49H66FN7O4/c1-9-12-14-43(61-31-49(17-18-49)30-56-21-23-60-24-22-56)54-47(57-20-13-19-52-35(29-57)27-42(51)48(59)55(7)8)44-33(6)25-40(46(38(44)11-3)53-32(4)5)39-28-36(58)26-34-15-16-41(50)37(10-2)45(34)39/h11,14-16,25-28,32,58H,9-10,12-13,17-24,29-31,51H2,1-8H3/b38-11-,42-27-,43-14-,53-46?,54-47+. The van der Waals surface area contributed by atoms with Crippen LogP contribution in [0.1, 0.15) is 84.8 Å². The number of morpholine rings is 1. The number of aryl methyl sites for hydroxylation is 1. The van der Waals surface area contributed by atoms with Gasteiger partial charge in [0, 0.05) is 75.0 Å². The summed E-state index contributed by atoms with van der Waals surface area (Å²) in [4.78, 5) is 34.7. The van der Waals surface area contributed by atoms with Gasteiger partial charge < -0.3 is 30.1 Å². The van der Waals surface area contributed by atoms with E-state index in [1.807, 2.05) is 27.7 Å². The number of ether oxygens (including phenoxy) is 2. The summed E-state index contributed by atoms with van der Waals surface area (Å²) in [7, 11) is 3.36. The van der Waals surface area contributed by atoms with Crippen LogP contribution in [0.4, 0.5) is 4.39 Å². The molecular weight excluding hydrogens is 770 g/mol. The topological polar surface area (TPSA) is 129 Å². The van der Waals surface area contributed by atoms with Gasteiger partial charge in [0.05, 0.1) is 43.5 Å². The SMILES string of the molecule is C/C=C1\C(=NC(C)C)C(c2cc(O)cc3ccc(F)c(CC)c23)=CC(C)=C1/C(=N\C(=C\CCC)OCC1(CN2CCOCC2)CC1)N1CCCN=C(/C=C(\N)C(=O)N(C)C)C1. The molecule has 0 aromatic heterocycles. The Morgan fingerprint density at radius 3 is 2.57 bits per heavy atom. The summed E-state index contributed by atoms with van der Waals surface area (Å²) < 4.78 is 28.0. The highest BCUT2D eigenvalue weighted by Gasteiger charge is 2.45. The van der Waals surface area contributed by atoms with Crippen LogP contribution in [0.2, 0.25) is 0 Å². The van der Waals surface area contributed by atoms with Crippen molar-refractivity contribution in [3.05, 3.63) is 93.8 Å². The van der Waals surface area contributed by atoms with Gasteiger partial charge in [-0.05, 0) is 124 Å². The van der Waals surface area contributed by atoms with E-state index in [4.69, 9.17) is 30.2 Å². The molecule has 2 heterocycles. The molecule has 2 fully saturated rings. The second kappa shape index (κ2) is 20.2. The van der Waals surface area contributed by atoms with Gasteiger partial charge in [-0.1, -0.05) is 32.4 Å². The minimum absolute atomic E-state index is 0.0755. The van der Waals surface area contributed by atoms with Gasteiger partial charge in [0.15, 0.2) is 0 Å². The van der Waals surface area contributed by atoms with Crippen LogP contribution in [-0.2, 0) is 20.7 Å². The Morgan fingerprint density at radius 2 is 1.92 bits per heavy atom. The van der Waals surface area contributed by atoms with Crippen LogP contribution >= 0.6 is 0 Å². The Bertz CT molecular complexity index is 2220. The number of carbonyl (C=O) groups excluding carboxylic acids is 1. The molecular formula is C49H66FN7O4. The Labute approximate surface area is 362 Å². The number of fused-ring (bicyclic) bond motifs is 1. The molecule has 0 unspecified atom stereocenters. The molecule has 12 heteroatoms. The molecule has 0 bridgehead atoms. The maximum Gasteiger partial charge on any atom is 0.269 e. The van der Waals surface area contributed by atoms with Crippen molar-refractivity contribution in [1.82, 2.24) is 14.7 Å². The predicted molar refractivity (Wildman–Crippen MR) is 247 cm³/mol. The van der Waals surface area contributed by atoms with Crippen molar-refractivity contribution in [3.63, 3.8) is 0 Å². The molecule has 2 aromatic rings. The third-order valence-corrected chi connectivity index (χ3v) is 11.7. The van der Waals surface area contributed by atoms with E-state index in [-0.39, 0.29) is 34.6 Å². The van der Waals surface area contributed by atoms with Gasteiger partial charge in [0.25, 0.3) is 5.91 Å². The van der Waals surface area contributed by atoms with E-state index < -0.39 is 0 Å². The number of amides is 1. The number of nitrogens with two attached hydrogens (primary N) is 1. The molecule has 328 valence electrons. The molecule has 0 radical (unpaired) electrons. The van der Waals surface area contributed by atoms with E-state index in [1.54, 1.807) is 38.4 Å². The number of unbranched alkanes of at least 4 members (excludes halogenated alkanes) is 1. The van der Waals surface area contributed by atoms with Crippen LogP contribution in [0.3, 0.4) is 0 Å². The summed E-state index contributed by atoms with van der Waals surface area (Å²) in [5, 5.41) is 12.6.